The lowest BCUT2D eigenvalue weighted by Gasteiger charge is -2.22. The number of alkyl halides is 1. The number of amides is 1. The molecule has 0 atom stereocenters. The van der Waals surface area contributed by atoms with Crippen molar-refractivity contribution in [3.05, 3.63) is 60.3 Å². The van der Waals surface area contributed by atoms with Crippen molar-refractivity contribution in [2.45, 2.75) is 31.2 Å². The molecular weight excluding hydrogens is 409 g/mol. The first-order valence-corrected chi connectivity index (χ1v) is 10.6. The van der Waals surface area contributed by atoms with E-state index in [-0.39, 0.29) is 22.1 Å². The molecule has 3 aromatic rings. The SMILES string of the molecule is CC(=O)n1ccc2cc(S(=O)(=O)Nc3ccc(C(=O)NC(C)(C)CF)cc3)ccc21. The van der Waals surface area contributed by atoms with Crippen molar-refractivity contribution in [1.82, 2.24) is 9.88 Å². The van der Waals surface area contributed by atoms with Crippen molar-refractivity contribution < 1.29 is 22.4 Å². The van der Waals surface area contributed by atoms with Crippen LogP contribution in [0.5, 0.6) is 0 Å². The average Bonchev–Trinajstić information content (AvgIpc) is 3.11. The molecule has 9 heteroatoms. The molecule has 2 N–H and O–H groups in total. The van der Waals surface area contributed by atoms with E-state index in [9.17, 15) is 22.4 Å². The maximum Gasteiger partial charge on any atom is 0.261 e. The first-order chi connectivity index (χ1) is 14.0. The largest absolute Gasteiger partial charge is 0.345 e. The second-order valence-corrected chi connectivity index (χ2v) is 9.26. The monoisotopic (exact) mass is 431 g/mol. The smallest absolute Gasteiger partial charge is 0.261 e. The summed E-state index contributed by atoms with van der Waals surface area (Å²) < 4.78 is 42.2. The molecule has 0 unspecified atom stereocenters. The Labute approximate surface area is 173 Å². The van der Waals surface area contributed by atoms with E-state index in [1.807, 2.05) is 0 Å². The van der Waals surface area contributed by atoms with Gasteiger partial charge in [0.25, 0.3) is 15.9 Å². The van der Waals surface area contributed by atoms with Crippen LogP contribution in [0.3, 0.4) is 0 Å². The number of hydrogen-bond donors (Lipinski definition) is 2. The van der Waals surface area contributed by atoms with Gasteiger partial charge in [-0.15, -0.1) is 0 Å². The van der Waals surface area contributed by atoms with Crippen molar-refractivity contribution >= 4 is 38.4 Å². The first-order valence-electron chi connectivity index (χ1n) is 9.16. The second-order valence-electron chi connectivity index (χ2n) is 7.58. The maximum absolute atomic E-state index is 12.9. The summed E-state index contributed by atoms with van der Waals surface area (Å²) in [7, 11) is -3.88. The third-order valence-electron chi connectivity index (χ3n) is 4.50. The van der Waals surface area contributed by atoms with E-state index in [1.165, 1.54) is 47.9 Å². The molecule has 1 heterocycles. The van der Waals surface area contributed by atoms with Gasteiger partial charge in [0.1, 0.15) is 6.67 Å². The van der Waals surface area contributed by atoms with Gasteiger partial charge in [-0.2, -0.15) is 0 Å². The number of carbonyl (C=O) groups is 2. The lowest BCUT2D eigenvalue weighted by atomic mass is 10.1. The van der Waals surface area contributed by atoms with E-state index in [0.29, 0.717) is 10.9 Å². The number of sulfonamides is 1. The molecule has 0 spiro atoms. The molecule has 0 fully saturated rings. The normalized spacial score (nSPS) is 12.0. The van der Waals surface area contributed by atoms with E-state index in [0.717, 1.165) is 0 Å². The summed E-state index contributed by atoms with van der Waals surface area (Å²) in [5.41, 5.74) is 0.189. The quantitative estimate of drug-likeness (QED) is 0.623. The lowest BCUT2D eigenvalue weighted by Crippen LogP contribution is -2.45. The van der Waals surface area contributed by atoms with Crippen LogP contribution in [-0.4, -0.2) is 37.0 Å². The summed E-state index contributed by atoms with van der Waals surface area (Å²) in [4.78, 5) is 23.8. The van der Waals surface area contributed by atoms with Crippen molar-refractivity contribution in [2.24, 2.45) is 0 Å². The minimum absolute atomic E-state index is 0.0443. The Bertz CT molecular complexity index is 1210. The number of nitrogens with zero attached hydrogens (tertiary/aromatic N) is 1. The van der Waals surface area contributed by atoms with Crippen LogP contribution in [0.2, 0.25) is 0 Å². The van der Waals surface area contributed by atoms with Gasteiger partial charge in [-0.25, -0.2) is 12.8 Å². The summed E-state index contributed by atoms with van der Waals surface area (Å²) in [6.45, 7) is 3.84. The maximum atomic E-state index is 12.9. The molecule has 3 rings (SSSR count). The highest BCUT2D eigenvalue weighted by molar-refractivity contribution is 7.92. The minimum atomic E-state index is -3.88. The third kappa shape index (κ3) is 4.51. The zero-order chi connectivity index (χ0) is 22.1. The minimum Gasteiger partial charge on any atom is -0.345 e. The molecule has 2 aromatic carbocycles. The predicted molar refractivity (Wildman–Crippen MR) is 113 cm³/mol. The molecule has 158 valence electrons. The van der Waals surface area contributed by atoms with Crippen molar-refractivity contribution in [2.75, 3.05) is 11.4 Å². The topological polar surface area (TPSA) is 97.3 Å². The van der Waals surface area contributed by atoms with Crippen molar-refractivity contribution in [1.29, 1.82) is 0 Å². The Kier molecular flexibility index (Phi) is 5.67. The summed E-state index contributed by atoms with van der Waals surface area (Å²) in [5.74, 6) is -0.620. The van der Waals surface area contributed by atoms with E-state index in [1.54, 1.807) is 32.2 Å². The van der Waals surface area contributed by atoms with Gasteiger partial charge in [0, 0.05) is 29.8 Å². The summed E-state index contributed by atoms with van der Waals surface area (Å²) in [5, 5.41) is 3.19. The Hall–Kier alpha value is -3.20. The van der Waals surface area contributed by atoms with E-state index < -0.39 is 28.1 Å². The Balaban J connectivity index is 1.79. The highest BCUT2D eigenvalue weighted by Crippen LogP contribution is 2.23. The molecule has 0 saturated heterocycles. The van der Waals surface area contributed by atoms with Crippen LogP contribution in [0.25, 0.3) is 10.9 Å². The van der Waals surface area contributed by atoms with Crippen molar-refractivity contribution in [3.8, 4) is 0 Å². The van der Waals surface area contributed by atoms with Crippen LogP contribution >= 0.6 is 0 Å². The number of rotatable bonds is 6. The van der Waals surface area contributed by atoms with Gasteiger partial charge in [-0.3, -0.25) is 18.9 Å². The van der Waals surface area contributed by atoms with Gasteiger partial charge >= 0.3 is 0 Å². The third-order valence-corrected chi connectivity index (χ3v) is 5.88. The molecule has 0 aliphatic rings. The molecule has 30 heavy (non-hydrogen) atoms. The second kappa shape index (κ2) is 7.91. The van der Waals surface area contributed by atoms with Crippen LogP contribution in [0.15, 0.2) is 59.6 Å². The molecular formula is C21H22FN3O4S. The lowest BCUT2D eigenvalue weighted by molar-refractivity contribution is 0.0898. The van der Waals surface area contributed by atoms with Crippen LogP contribution in [0, 0.1) is 0 Å². The summed E-state index contributed by atoms with van der Waals surface area (Å²) in [6, 6.07) is 12.0. The number of anilines is 1. The fourth-order valence-corrected chi connectivity index (χ4v) is 3.97. The van der Waals surface area contributed by atoms with E-state index in [4.69, 9.17) is 0 Å². The fourth-order valence-electron chi connectivity index (χ4n) is 2.88. The van der Waals surface area contributed by atoms with Gasteiger partial charge in [0.2, 0.25) is 5.91 Å². The fraction of sp³-hybridized carbons (Fsp3) is 0.238. The van der Waals surface area contributed by atoms with Gasteiger partial charge in [-0.05, 0) is 62.4 Å². The molecule has 0 saturated carbocycles. The summed E-state index contributed by atoms with van der Waals surface area (Å²) >= 11 is 0. The first kappa shape index (κ1) is 21.5. The van der Waals surface area contributed by atoms with Gasteiger partial charge in [0.15, 0.2) is 0 Å². The molecule has 0 aliphatic carbocycles. The number of benzene rings is 2. The molecule has 1 aromatic heterocycles. The zero-order valence-electron chi connectivity index (χ0n) is 16.8. The molecule has 0 aliphatic heterocycles. The van der Waals surface area contributed by atoms with Gasteiger partial charge in [-0.1, -0.05) is 0 Å². The van der Waals surface area contributed by atoms with Crippen LogP contribution in [-0.2, 0) is 10.0 Å². The average molecular weight is 431 g/mol. The van der Waals surface area contributed by atoms with Crippen LogP contribution < -0.4 is 10.0 Å². The molecule has 7 nitrogen and oxygen atoms in total. The van der Waals surface area contributed by atoms with E-state index in [2.05, 4.69) is 10.0 Å². The van der Waals surface area contributed by atoms with Gasteiger partial charge in [0.05, 0.1) is 16.0 Å². The van der Waals surface area contributed by atoms with Gasteiger partial charge < -0.3 is 5.32 Å². The Morgan fingerprint density at radius 2 is 1.73 bits per heavy atom. The molecule has 0 radical (unpaired) electrons. The highest BCUT2D eigenvalue weighted by Gasteiger charge is 2.21. The Morgan fingerprint density at radius 3 is 2.33 bits per heavy atom. The number of carbonyl (C=O) groups excluding carboxylic acids is 2. The standard InChI is InChI=1S/C21H22FN3O4S/c1-14(26)25-11-10-16-12-18(8-9-19(16)25)30(28,29)24-17-6-4-15(5-7-17)20(27)23-21(2,3)13-22/h4-12,24H,13H2,1-3H3,(H,23,27). The highest BCUT2D eigenvalue weighted by atomic mass is 32.2. The van der Waals surface area contributed by atoms with E-state index >= 15 is 0 Å². The molecule has 0 bridgehead atoms. The number of fused-ring (bicyclic) bond motifs is 1. The number of nitrogens with one attached hydrogen (secondary N) is 2. The van der Waals surface area contributed by atoms with Crippen LogP contribution in [0.1, 0.15) is 35.9 Å². The number of hydrogen-bond acceptors (Lipinski definition) is 4. The number of halogens is 1. The molecule has 1 amide bonds. The van der Waals surface area contributed by atoms with Crippen molar-refractivity contribution in [3.63, 3.8) is 0 Å². The Morgan fingerprint density at radius 1 is 1.07 bits per heavy atom. The predicted octanol–water partition coefficient (Wildman–Crippen LogP) is 3.58. The summed E-state index contributed by atoms with van der Waals surface area (Å²) in [6.07, 6.45) is 1.59. The number of aromatic nitrogens is 1. The van der Waals surface area contributed by atoms with Crippen LogP contribution in [0.4, 0.5) is 10.1 Å². The zero-order valence-corrected chi connectivity index (χ0v) is 17.6.